The van der Waals surface area contributed by atoms with E-state index in [1.165, 1.54) is 11.6 Å². The molecular weight excluding hydrogens is 876 g/mol. The highest BCUT2D eigenvalue weighted by Gasteiger charge is 2.35. The molecule has 60 heavy (non-hydrogen) atoms. The fraction of sp³-hybridized carbons (Fsp3) is 0.333. The molecule has 3 aromatic heterocycles. The molecule has 24 heteroatoms. The number of aromatic nitrogens is 6. The Balaban J connectivity index is 0.000000250. The summed E-state index contributed by atoms with van der Waals surface area (Å²) in [4.78, 5) is 45.2. The molecule has 0 atom stereocenters. The second-order valence-electron chi connectivity index (χ2n) is 12.5. The zero-order valence-corrected chi connectivity index (χ0v) is 36.1. The first-order valence-electron chi connectivity index (χ1n) is 17.7. The van der Waals surface area contributed by atoms with E-state index in [-0.39, 0.29) is 32.3 Å². The lowest BCUT2D eigenvalue weighted by molar-refractivity contribution is -0.144. The van der Waals surface area contributed by atoms with Crippen LogP contribution in [0.5, 0.6) is 5.75 Å². The molecule has 324 valence electrons. The number of nitrogens with one attached hydrogen (secondary N) is 6. The number of halogens is 6. The van der Waals surface area contributed by atoms with Crippen molar-refractivity contribution < 1.29 is 35.9 Å². The average Bonchev–Trinajstić information content (AvgIpc) is 3.17. The Morgan fingerprint density at radius 3 is 2.13 bits per heavy atom. The number of rotatable bonds is 12. The number of amides is 4. The van der Waals surface area contributed by atoms with Crippen molar-refractivity contribution in [1.82, 2.24) is 51.4 Å². The van der Waals surface area contributed by atoms with Crippen molar-refractivity contribution in [2.24, 2.45) is 0 Å². The molecule has 0 radical (unpaired) electrons. The molecule has 0 unspecified atom stereocenters. The van der Waals surface area contributed by atoms with Crippen LogP contribution in [0.4, 0.5) is 34.5 Å². The van der Waals surface area contributed by atoms with Crippen molar-refractivity contribution in [3.8, 4) is 5.75 Å². The highest BCUT2D eigenvalue weighted by Crippen LogP contribution is 2.29. The van der Waals surface area contributed by atoms with Crippen molar-refractivity contribution in [3.63, 3.8) is 0 Å². The number of nitrogens with zero attached hydrogens (tertiary/aromatic N) is 6. The minimum absolute atomic E-state index is 0.0140. The summed E-state index contributed by atoms with van der Waals surface area (Å²) in [7, 11) is -3.42. The maximum atomic E-state index is 12.4. The third-order valence-corrected chi connectivity index (χ3v) is 9.22. The smallest absolute Gasteiger partial charge is 0.451 e. The number of carbonyl (C=O) groups excluding carboxylic acids is 2. The van der Waals surface area contributed by atoms with Crippen LogP contribution in [0.1, 0.15) is 48.1 Å². The first-order chi connectivity index (χ1) is 28.2. The number of anilines is 2. The number of carbonyl (C=O) groups is 2. The largest absolute Gasteiger partial charge is 0.493 e. The molecule has 0 saturated carbocycles. The van der Waals surface area contributed by atoms with Gasteiger partial charge in [-0.3, -0.25) is 16.3 Å². The first-order valence-corrected chi connectivity index (χ1v) is 20.7. The number of hydrogen-bond donors (Lipinski definition) is 6. The maximum Gasteiger partial charge on any atom is 0.451 e. The Morgan fingerprint density at radius 2 is 1.48 bits per heavy atom. The number of sulfone groups is 1. The summed E-state index contributed by atoms with van der Waals surface area (Å²) in [5.41, 5.74) is 13.1. The van der Waals surface area contributed by atoms with E-state index in [0.717, 1.165) is 24.0 Å². The van der Waals surface area contributed by atoms with Gasteiger partial charge in [-0.1, -0.05) is 66.0 Å². The normalized spacial score (nSPS) is 10.9. The zero-order valence-electron chi connectivity index (χ0n) is 33.1. The van der Waals surface area contributed by atoms with Crippen molar-refractivity contribution in [2.45, 2.75) is 58.7 Å². The van der Waals surface area contributed by atoms with Crippen LogP contribution in [0.25, 0.3) is 10.9 Å². The van der Waals surface area contributed by atoms with Gasteiger partial charge in [0.2, 0.25) is 17.1 Å². The second-order valence-corrected chi connectivity index (χ2v) is 15.6. The van der Waals surface area contributed by atoms with E-state index in [2.05, 4.69) is 68.3 Å². The summed E-state index contributed by atoms with van der Waals surface area (Å²) in [6, 6.07) is 13.1. The lowest BCUT2D eigenvalue weighted by Crippen LogP contribution is -2.40. The monoisotopic (exact) mass is 916 g/mol. The molecule has 0 aliphatic carbocycles. The van der Waals surface area contributed by atoms with Crippen LogP contribution >= 0.6 is 34.8 Å². The molecule has 0 spiro atoms. The first kappa shape index (κ1) is 48.9. The maximum absolute atomic E-state index is 12.4. The summed E-state index contributed by atoms with van der Waals surface area (Å²) in [6.45, 7) is 10.6. The van der Waals surface area contributed by atoms with Crippen molar-refractivity contribution in [3.05, 3.63) is 92.3 Å². The van der Waals surface area contributed by atoms with Gasteiger partial charge in [-0.05, 0) is 75.9 Å². The highest BCUT2D eigenvalue weighted by molar-refractivity contribution is 7.90. The van der Waals surface area contributed by atoms with Crippen LogP contribution in [-0.4, -0.2) is 76.3 Å². The standard InChI is InChI=1S/C16H18Cl3N5O2.C10H7F3N2.C10H17N5O3S/c1-9-4-5-11(10(2)8-9)26-7-3-6-20-16(25)24-23-14-12(17)13(18)21-15(19)22-14;1-6-7-4-2-3-5-8(7)15-9(14-6)10(11,12)13;1-4-5-11-10(16)15-14-9-12-7(2)6-8(13-9)19(3,17)18/h4-5,8H,3,6-7H2,1-2H3,(H2,20,24,25)(H,21,22,23);2-5H,1H3;6H,4-5H2,1-3H3,(H2,11,15,16)(H,12,13,14). The number of para-hydroxylation sites is 1. The summed E-state index contributed by atoms with van der Waals surface area (Å²) >= 11 is 17.4. The summed E-state index contributed by atoms with van der Waals surface area (Å²) in [5.74, 6) is -0.121. The molecule has 5 rings (SSSR count). The molecule has 0 saturated heterocycles. The van der Waals surface area contributed by atoms with Crippen LogP contribution in [0.3, 0.4) is 0 Å². The quantitative estimate of drug-likeness (QED) is 0.0312. The Morgan fingerprint density at radius 1 is 0.817 bits per heavy atom. The third kappa shape index (κ3) is 16.3. The topological polar surface area (TPSA) is 227 Å². The number of hydrazine groups is 2. The van der Waals surface area contributed by atoms with Crippen molar-refractivity contribution in [2.75, 3.05) is 36.8 Å². The Kier molecular flexibility index (Phi) is 18.5. The molecule has 2 aromatic carbocycles. The lowest BCUT2D eigenvalue weighted by atomic mass is 10.1. The predicted octanol–water partition coefficient (Wildman–Crippen LogP) is 7.33. The van der Waals surface area contributed by atoms with Gasteiger partial charge in [0.1, 0.15) is 10.8 Å². The van der Waals surface area contributed by atoms with Gasteiger partial charge in [-0.25, -0.2) is 43.4 Å². The summed E-state index contributed by atoms with van der Waals surface area (Å²) < 4.78 is 65.6. The van der Waals surface area contributed by atoms with Crippen molar-refractivity contribution in [1.29, 1.82) is 0 Å². The van der Waals surface area contributed by atoms with Crippen LogP contribution in [0.2, 0.25) is 15.5 Å². The minimum atomic E-state index is -4.49. The van der Waals surface area contributed by atoms with E-state index >= 15 is 0 Å². The van der Waals surface area contributed by atoms with E-state index in [9.17, 15) is 31.2 Å². The molecule has 3 heterocycles. The van der Waals surface area contributed by atoms with Gasteiger partial charge < -0.3 is 15.4 Å². The van der Waals surface area contributed by atoms with Gasteiger partial charge in [0.05, 0.1) is 12.1 Å². The number of aryl methyl sites for hydroxylation is 4. The predicted molar refractivity (Wildman–Crippen MR) is 223 cm³/mol. The number of fused-ring (bicyclic) bond motifs is 1. The number of urea groups is 2. The van der Waals surface area contributed by atoms with E-state index in [1.54, 1.807) is 38.1 Å². The van der Waals surface area contributed by atoms with Gasteiger partial charge in [0.25, 0.3) is 0 Å². The molecular formula is C36H42Cl3F3N12O5S. The molecule has 0 aliphatic rings. The molecule has 5 aromatic rings. The highest BCUT2D eigenvalue weighted by atomic mass is 35.5. The van der Waals surface area contributed by atoms with Crippen LogP contribution in [0, 0.1) is 27.7 Å². The second kappa shape index (κ2) is 22.7. The Hall–Kier alpha value is -5.51. The number of benzene rings is 2. The molecule has 4 amide bonds. The number of hydrogen-bond acceptors (Lipinski definition) is 13. The average molecular weight is 918 g/mol. The van der Waals surface area contributed by atoms with Gasteiger partial charge >= 0.3 is 18.2 Å². The Labute approximate surface area is 358 Å². The number of ether oxygens (including phenoxy) is 1. The third-order valence-electron chi connectivity index (χ3n) is 7.35. The fourth-order valence-corrected chi connectivity index (χ4v) is 5.75. The minimum Gasteiger partial charge on any atom is -0.493 e. The summed E-state index contributed by atoms with van der Waals surface area (Å²) in [5, 5.41) is 5.74. The van der Waals surface area contributed by atoms with Crippen LogP contribution in [-0.2, 0) is 16.0 Å². The Bertz CT molecular complexity index is 2380. The van der Waals surface area contributed by atoms with Gasteiger partial charge in [0, 0.05) is 36.1 Å². The molecule has 0 aliphatic heterocycles. The number of alkyl halides is 3. The van der Waals surface area contributed by atoms with E-state index in [1.807, 2.05) is 32.9 Å². The van der Waals surface area contributed by atoms with E-state index < -0.39 is 33.9 Å². The molecule has 0 bridgehead atoms. The van der Waals surface area contributed by atoms with E-state index in [4.69, 9.17) is 39.5 Å². The molecule has 6 N–H and O–H groups in total. The van der Waals surface area contributed by atoms with Crippen LogP contribution in [0.15, 0.2) is 53.6 Å². The molecule has 0 fully saturated rings. The van der Waals surface area contributed by atoms with Gasteiger partial charge in [0.15, 0.2) is 25.8 Å². The molecule has 17 nitrogen and oxygen atoms in total. The fourth-order valence-electron chi connectivity index (χ4n) is 4.60. The van der Waals surface area contributed by atoms with E-state index in [0.29, 0.717) is 48.4 Å². The van der Waals surface area contributed by atoms with Crippen LogP contribution < -0.4 is 37.1 Å². The van der Waals surface area contributed by atoms with Crippen molar-refractivity contribution >= 4 is 79.4 Å². The summed E-state index contributed by atoms with van der Waals surface area (Å²) in [6.07, 6.45) is -1.98. The van der Waals surface area contributed by atoms with Gasteiger partial charge in [-0.15, -0.1) is 0 Å². The SMILES string of the molecule is CCCNC(=O)NNc1nc(C)cc(S(C)(=O)=O)n1.Cc1ccc(OCCCNC(=O)NNc2nc(Cl)nc(Cl)c2Cl)c(C)c1.Cc1nc(C(F)(F)F)nc2ccccc12. The zero-order chi connectivity index (χ0) is 44.6. The lowest BCUT2D eigenvalue weighted by Gasteiger charge is -2.12. The van der Waals surface area contributed by atoms with Gasteiger partial charge in [-0.2, -0.15) is 23.1 Å².